The van der Waals surface area contributed by atoms with Crippen LogP contribution in [-0.4, -0.2) is 45.5 Å². The van der Waals surface area contributed by atoms with E-state index in [2.05, 4.69) is 42.2 Å². The number of carbonyl (C=O) groups excluding carboxylic acids is 1. The van der Waals surface area contributed by atoms with Crippen molar-refractivity contribution in [2.24, 2.45) is 0 Å². The van der Waals surface area contributed by atoms with E-state index in [9.17, 15) is 4.79 Å². The molecule has 0 N–H and O–H groups in total. The summed E-state index contributed by atoms with van der Waals surface area (Å²) >= 11 is 0. The first-order valence-electron chi connectivity index (χ1n) is 12.2. The van der Waals surface area contributed by atoms with Gasteiger partial charge in [0, 0.05) is 31.0 Å². The first-order chi connectivity index (χ1) is 16.1. The van der Waals surface area contributed by atoms with Gasteiger partial charge in [0.15, 0.2) is 0 Å². The van der Waals surface area contributed by atoms with Gasteiger partial charge in [0.2, 0.25) is 0 Å². The highest BCUT2D eigenvalue weighted by Gasteiger charge is 2.17. The normalized spacial score (nSPS) is 13.9. The molecule has 0 amide bonds. The second kappa shape index (κ2) is 13.0. The minimum atomic E-state index is -0.268. The molecule has 178 valence electrons. The summed E-state index contributed by atoms with van der Waals surface area (Å²) in [5, 5.41) is 0. The molecule has 0 aromatic heterocycles. The van der Waals surface area contributed by atoms with Crippen molar-refractivity contribution in [3.05, 3.63) is 53.6 Å². The van der Waals surface area contributed by atoms with Crippen LogP contribution in [0.15, 0.2) is 48.0 Å². The van der Waals surface area contributed by atoms with Crippen LogP contribution in [0.1, 0.15) is 52.0 Å². The zero-order valence-corrected chi connectivity index (χ0v) is 20.3. The van der Waals surface area contributed by atoms with Gasteiger partial charge in [0.1, 0.15) is 12.4 Å². The summed E-state index contributed by atoms with van der Waals surface area (Å²) in [5.74, 6) is 0.570. The van der Waals surface area contributed by atoms with Crippen LogP contribution < -0.4 is 9.64 Å². The number of unbranched alkanes of at least 4 members (excludes halogenated alkanes) is 1. The minimum Gasteiger partial charge on any atom is -0.491 e. The molecule has 5 heteroatoms. The van der Waals surface area contributed by atoms with Crippen LogP contribution in [0.4, 0.5) is 5.69 Å². The number of esters is 1. The lowest BCUT2D eigenvalue weighted by Gasteiger charge is -2.21. The van der Waals surface area contributed by atoms with Gasteiger partial charge in [-0.25, -0.2) is 4.79 Å². The van der Waals surface area contributed by atoms with E-state index in [1.54, 1.807) is 0 Å². The number of hydrogen-bond donors (Lipinski definition) is 0. The van der Waals surface area contributed by atoms with Crippen molar-refractivity contribution in [1.82, 2.24) is 0 Å². The van der Waals surface area contributed by atoms with Gasteiger partial charge in [0.05, 0.1) is 13.2 Å². The van der Waals surface area contributed by atoms with Crippen LogP contribution in [0.25, 0.3) is 17.2 Å². The summed E-state index contributed by atoms with van der Waals surface area (Å²) in [6.45, 7) is 10.2. The highest BCUT2D eigenvalue weighted by atomic mass is 16.5. The molecule has 0 atom stereocenters. The number of anilines is 1. The molecule has 0 radical (unpaired) electrons. The summed E-state index contributed by atoms with van der Waals surface area (Å²) in [4.78, 5) is 14.6. The molecule has 1 fully saturated rings. The monoisotopic (exact) mass is 451 g/mol. The second-order valence-electron chi connectivity index (χ2n) is 8.35. The first kappa shape index (κ1) is 24.8. The Hall–Kier alpha value is -2.79. The number of carbonyl (C=O) groups is 1. The van der Waals surface area contributed by atoms with E-state index in [1.807, 2.05) is 32.1 Å². The van der Waals surface area contributed by atoms with Gasteiger partial charge in [-0.1, -0.05) is 31.5 Å². The molecule has 2 aromatic rings. The van der Waals surface area contributed by atoms with Crippen molar-refractivity contribution in [3.63, 3.8) is 0 Å². The van der Waals surface area contributed by atoms with Crippen molar-refractivity contribution in [2.75, 3.05) is 44.4 Å². The fourth-order valence-corrected chi connectivity index (χ4v) is 3.94. The molecule has 0 bridgehead atoms. The van der Waals surface area contributed by atoms with Crippen LogP contribution in [0.2, 0.25) is 0 Å². The minimum absolute atomic E-state index is 0.268. The Morgan fingerprint density at radius 1 is 0.970 bits per heavy atom. The molecule has 1 heterocycles. The quantitative estimate of drug-likeness (QED) is 0.221. The third-order valence-electron chi connectivity index (χ3n) is 5.77. The van der Waals surface area contributed by atoms with Crippen molar-refractivity contribution in [2.45, 2.75) is 46.5 Å². The summed E-state index contributed by atoms with van der Waals surface area (Å²) in [7, 11) is 0. The van der Waals surface area contributed by atoms with E-state index in [0.29, 0.717) is 25.4 Å². The van der Waals surface area contributed by atoms with Gasteiger partial charge in [-0.05, 0) is 80.1 Å². The average Bonchev–Trinajstić information content (AvgIpc) is 3.36. The lowest BCUT2D eigenvalue weighted by atomic mass is 10.00. The molecular formula is C28H37NO4. The number of ether oxygens (including phenoxy) is 3. The molecule has 0 spiro atoms. The van der Waals surface area contributed by atoms with Crippen molar-refractivity contribution in [3.8, 4) is 16.9 Å². The number of nitrogens with zero attached hydrogens (tertiary/aromatic N) is 1. The van der Waals surface area contributed by atoms with E-state index in [4.69, 9.17) is 14.2 Å². The van der Waals surface area contributed by atoms with Crippen LogP contribution in [0, 0.1) is 0 Å². The molecule has 1 aliphatic rings. The lowest BCUT2D eigenvalue weighted by molar-refractivity contribution is -0.138. The topological polar surface area (TPSA) is 48.0 Å². The molecule has 0 saturated carbocycles. The third kappa shape index (κ3) is 7.36. The fourth-order valence-electron chi connectivity index (χ4n) is 3.94. The molecule has 0 aliphatic carbocycles. The van der Waals surface area contributed by atoms with Gasteiger partial charge < -0.3 is 19.1 Å². The van der Waals surface area contributed by atoms with E-state index in [1.165, 1.54) is 18.5 Å². The molecule has 2 aromatic carbocycles. The molecular weight excluding hydrogens is 414 g/mol. The predicted molar refractivity (Wildman–Crippen MR) is 135 cm³/mol. The standard InChI is InChI=1S/C28H37NO4/c1-4-6-17-31-18-19-33-26-12-9-23(10-13-26)24-11-14-27(29-15-7-8-16-29)25(21-24)20-22(3)28(30)32-5-2/h9-14,20-21H,4-8,15-19H2,1-3H3. The smallest absolute Gasteiger partial charge is 0.333 e. The van der Waals surface area contributed by atoms with Crippen LogP contribution >= 0.6 is 0 Å². The molecule has 1 saturated heterocycles. The summed E-state index contributed by atoms with van der Waals surface area (Å²) in [6.07, 6.45) is 6.58. The van der Waals surface area contributed by atoms with Crippen LogP contribution in [0.3, 0.4) is 0 Å². The zero-order valence-electron chi connectivity index (χ0n) is 20.3. The number of rotatable bonds is 12. The second-order valence-corrected chi connectivity index (χ2v) is 8.35. The Kier molecular flexibility index (Phi) is 9.82. The largest absolute Gasteiger partial charge is 0.491 e. The molecule has 3 rings (SSSR count). The van der Waals surface area contributed by atoms with Crippen LogP contribution in [-0.2, 0) is 14.3 Å². The lowest BCUT2D eigenvalue weighted by Crippen LogP contribution is -2.18. The summed E-state index contributed by atoms with van der Waals surface area (Å²) < 4.78 is 16.5. The van der Waals surface area contributed by atoms with Gasteiger partial charge >= 0.3 is 5.97 Å². The SMILES string of the molecule is CCCCOCCOc1ccc(-c2ccc(N3CCCC3)c(C=C(C)C(=O)OCC)c2)cc1. The van der Waals surface area contributed by atoms with Crippen molar-refractivity contribution in [1.29, 1.82) is 0 Å². The first-order valence-corrected chi connectivity index (χ1v) is 12.2. The molecule has 33 heavy (non-hydrogen) atoms. The van der Waals surface area contributed by atoms with E-state index in [-0.39, 0.29) is 5.97 Å². The fraction of sp³-hybridized carbons (Fsp3) is 0.464. The highest BCUT2D eigenvalue weighted by Crippen LogP contribution is 2.32. The molecule has 0 unspecified atom stereocenters. The van der Waals surface area contributed by atoms with Gasteiger partial charge in [-0.2, -0.15) is 0 Å². The van der Waals surface area contributed by atoms with E-state index in [0.717, 1.165) is 55.0 Å². The maximum atomic E-state index is 12.2. The Balaban J connectivity index is 1.74. The number of benzene rings is 2. The predicted octanol–water partition coefficient (Wildman–Crippen LogP) is 6.12. The summed E-state index contributed by atoms with van der Waals surface area (Å²) in [6, 6.07) is 14.6. The van der Waals surface area contributed by atoms with E-state index < -0.39 is 0 Å². The van der Waals surface area contributed by atoms with Crippen molar-refractivity contribution < 1.29 is 19.0 Å². The van der Waals surface area contributed by atoms with E-state index >= 15 is 0 Å². The molecule has 1 aliphatic heterocycles. The third-order valence-corrected chi connectivity index (χ3v) is 5.77. The molecule has 5 nitrogen and oxygen atoms in total. The number of hydrogen-bond acceptors (Lipinski definition) is 5. The van der Waals surface area contributed by atoms with Gasteiger partial charge in [-0.3, -0.25) is 0 Å². The van der Waals surface area contributed by atoms with Crippen molar-refractivity contribution >= 4 is 17.7 Å². The van der Waals surface area contributed by atoms with Gasteiger partial charge in [-0.15, -0.1) is 0 Å². The maximum Gasteiger partial charge on any atom is 0.333 e. The zero-order chi connectivity index (χ0) is 23.5. The average molecular weight is 452 g/mol. The maximum absolute atomic E-state index is 12.2. The highest BCUT2D eigenvalue weighted by molar-refractivity contribution is 5.94. The van der Waals surface area contributed by atoms with Crippen LogP contribution in [0.5, 0.6) is 5.75 Å². The summed E-state index contributed by atoms with van der Waals surface area (Å²) in [5.41, 5.74) is 5.04. The van der Waals surface area contributed by atoms with Gasteiger partial charge in [0.25, 0.3) is 0 Å². The Morgan fingerprint density at radius 3 is 2.39 bits per heavy atom. The Morgan fingerprint density at radius 2 is 1.70 bits per heavy atom. The Bertz CT molecular complexity index is 914. The Labute approximate surface area is 198 Å².